The van der Waals surface area contributed by atoms with Gasteiger partial charge in [-0.2, -0.15) is 0 Å². The summed E-state index contributed by atoms with van der Waals surface area (Å²) in [4.78, 5) is 12.4. The van der Waals surface area contributed by atoms with Crippen molar-refractivity contribution in [2.24, 2.45) is 4.99 Å². The van der Waals surface area contributed by atoms with Crippen LogP contribution in [0.4, 0.5) is 11.4 Å². The highest BCUT2D eigenvalue weighted by atomic mass is 15.3. The average molecular weight is 398 g/mol. The van der Waals surface area contributed by atoms with Crippen LogP contribution in [-0.2, 0) is 0 Å². The van der Waals surface area contributed by atoms with Crippen LogP contribution in [0.2, 0.25) is 0 Å². The zero-order valence-corrected chi connectivity index (χ0v) is 18.9. The summed E-state index contributed by atoms with van der Waals surface area (Å²) in [6, 6.07) is 19.8. The standard InChI is InChI=1S/C27H31N3/c1-17(2)22-15-18(3)13-14-25(22)30-16-26(30)24-12-8-11-23(29-24)21(6)28-27-19(4)9-7-10-20(27)5/h7-15,17,26H,16H2,1-6H3. The maximum atomic E-state index is 4.99. The molecule has 4 rings (SSSR count). The number of para-hydroxylation sites is 1. The van der Waals surface area contributed by atoms with Crippen molar-refractivity contribution in [3.63, 3.8) is 0 Å². The molecule has 2 heterocycles. The molecule has 3 aromatic rings. The molecule has 1 saturated heterocycles. The number of rotatable bonds is 5. The Kier molecular flexibility index (Phi) is 5.46. The van der Waals surface area contributed by atoms with E-state index in [-0.39, 0.29) is 0 Å². The zero-order valence-electron chi connectivity index (χ0n) is 18.9. The quantitative estimate of drug-likeness (QED) is 0.348. The Morgan fingerprint density at radius 2 is 1.70 bits per heavy atom. The van der Waals surface area contributed by atoms with Crippen LogP contribution >= 0.6 is 0 Å². The Labute approximate surface area is 180 Å². The van der Waals surface area contributed by atoms with E-state index in [1.807, 2.05) is 0 Å². The summed E-state index contributed by atoms with van der Waals surface area (Å²) in [6.07, 6.45) is 0. The lowest BCUT2D eigenvalue weighted by Crippen LogP contribution is -2.05. The smallest absolute Gasteiger partial charge is 0.0889 e. The van der Waals surface area contributed by atoms with E-state index in [0.29, 0.717) is 12.0 Å². The van der Waals surface area contributed by atoms with Gasteiger partial charge in [-0.15, -0.1) is 0 Å². The monoisotopic (exact) mass is 397 g/mol. The molecule has 3 heteroatoms. The molecule has 2 aromatic carbocycles. The fourth-order valence-corrected chi connectivity index (χ4v) is 4.10. The summed E-state index contributed by atoms with van der Waals surface area (Å²) < 4.78 is 0. The molecule has 1 unspecified atom stereocenters. The van der Waals surface area contributed by atoms with Crippen molar-refractivity contribution in [3.05, 3.63) is 88.2 Å². The summed E-state index contributed by atoms with van der Waals surface area (Å²) in [5.74, 6) is 0.507. The fraction of sp³-hybridized carbons (Fsp3) is 0.333. The largest absolute Gasteiger partial charge is 0.358 e. The number of aromatic nitrogens is 1. The molecule has 0 amide bonds. The predicted molar refractivity (Wildman–Crippen MR) is 127 cm³/mol. The van der Waals surface area contributed by atoms with E-state index in [4.69, 9.17) is 9.98 Å². The van der Waals surface area contributed by atoms with Gasteiger partial charge in [-0.1, -0.05) is 55.8 Å². The summed E-state index contributed by atoms with van der Waals surface area (Å²) in [6.45, 7) is 14.0. The Hall–Kier alpha value is -2.94. The highest BCUT2D eigenvalue weighted by Gasteiger charge is 2.38. The van der Waals surface area contributed by atoms with Crippen molar-refractivity contribution >= 4 is 17.1 Å². The minimum Gasteiger partial charge on any atom is -0.358 e. The van der Waals surface area contributed by atoms with E-state index in [2.05, 4.69) is 101 Å². The lowest BCUT2D eigenvalue weighted by Gasteiger charge is -2.16. The lowest BCUT2D eigenvalue weighted by atomic mass is 9.99. The van der Waals surface area contributed by atoms with Crippen molar-refractivity contribution in [1.82, 2.24) is 4.98 Å². The summed E-state index contributed by atoms with van der Waals surface area (Å²) in [5, 5.41) is 0. The van der Waals surface area contributed by atoms with E-state index in [9.17, 15) is 0 Å². The molecule has 3 nitrogen and oxygen atoms in total. The van der Waals surface area contributed by atoms with Gasteiger partial charge in [0.25, 0.3) is 0 Å². The van der Waals surface area contributed by atoms with Crippen LogP contribution in [0.25, 0.3) is 0 Å². The Bertz CT molecular complexity index is 1090. The van der Waals surface area contributed by atoms with Crippen molar-refractivity contribution in [1.29, 1.82) is 0 Å². The van der Waals surface area contributed by atoms with Gasteiger partial charge in [-0.25, -0.2) is 4.98 Å². The number of aliphatic imine (C=N–C) groups is 1. The summed E-state index contributed by atoms with van der Waals surface area (Å²) in [7, 11) is 0. The topological polar surface area (TPSA) is 28.3 Å². The second-order valence-electron chi connectivity index (χ2n) is 8.77. The number of anilines is 1. The maximum absolute atomic E-state index is 4.99. The van der Waals surface area contributed by atoms with E-state index in [0.717, 1.165) is 29.3 Å². The molecule has 1 fully saturated rings. The molecular formula is C27H31N3. The Morgan fingerprint density at radius 3 is 2.40 bits per heavy atom. The first kappa shape index (κ1) is 20.3. The molecule has 154 valence electrons. The minimum atomic E-state index is 0.346. The minimum absolute atomic E-state index is 0.346. The van der Waals surface area contributed by atoms with Gasteiger partial charge in [0.1, 0.15) is 0 Å². The van der Waals surface area contributed by atoms with Gasteiger partial charge in [0.05, 0.1) is 28.8 Å². The van der Waals surface area contributed by atoms with Crippen LogP contribution in [-0.4, -0.2) is 17.2 Å². The van der Waals surface area contributed by atoms with Crippen molar-refractivity contribution in [2.45, 2.75) is 53.5 Å². The van der Waals surface area contributed by atoms with Crippen LogP contribution in [0.5, 0.6) is 0 Å². The van der Waals surface area contributed by atoms with E-state index in [1.165, 1.54) is 27.9 Å². The van der Waals surface area contributed by atoms with Crippen LogP contribution < -0.4 is 4.90 Å². The number of hydrogen-bond acceptors (Lipinski definition) is 3. The van der Waals surface area contributed by atoms with Crippen LogP contribution in [0, 0.1) is 20.8 Å². The number of pyridine rings is 1. The predicted octanol–water partition coefficient (Wildman–Crippen LogP) is 6.83. The van der Waals surface area contributed by atoms with Gasteiger partial charge >= 0.3 is 0 Å². The first-order valence-corrected chi connectivity index (χ1v) is 10.8. The maximum Gasteiger partial charge on any atom is 0.0889 e. The molecule has 0 radical (unpaired) electrons. The van der Waals surface area contributed by atoms with Crippen LogP contribution in [0.3, 0.4) is 0 Å². The molecular weight excluding hydrogens is 366 g/mol. The molecule has 0 bridgehead atoms. The van der Waals surface area contributed by atoms with Crippen LogP contribution in [0.1, 0.15) is 66.4 Å². The first-order valence-electron chi connectivity index (χ1n) is 10.8. The SMILES string of the molecule is CC(=Nc1c(C)cccc1C)c1cccc(C2CN2c2ccc(C)cc2C(C)C)n1. The summed E-state index contributed by atoms with van der Waals surface area (Å²) >= 11 is 0. The molecule has 0 aliphatic carbocycles. The van der Waals surface area contributed by atoms with Crippen molar-refractivity contribution < 1.29 is 0 Å². The summed E-state index contributed by atoms with van der Waals surface area (Å²) in [5.41, 5.74) is 10.6. The fourth-order valence-electron chi connectivity index (χ4n) is 4.10. The van der Waals surface area contributed by atoms with E-state index in [1.54, 1.807) is 0 Å². The molecule has 1 aliphatic heterocycles. The normalized spacial score (nSPS) is 16.3. The average Bonchev–Trinajstić information content (AvgIpc) is 3.51. The van der Waals surface area contributed by atoms with Gasteiger partial charge in [0.15, 0.2) is 0 Å². The number of benzene rings is 2. The second-order valence-corrected chi connectivity index (χ2v) is 8.77. The third-order valence-electron chi connectivity index (χ3n) is 5.93. The van der Waals surface area contributed by atoms with Crippen molar-refractivity contribution in [3.8, 4) is 0 Å². The molecule has 1 aliphatic rings. The molecule has 0 spiro atoms. The Morgan fingerprint density at radius 1 is 1.00 bits per heavy atom. The zero-order chi connectivity index (χ0) is 21.4. The van der Waals surface area contributed by atoms with E-state index < -0.39 is 0 Å². The number of aryl methyl sites for hydroxylation is 3. The Balaban J connectivity index is 1.61. The van der Waals surface area contributed by atoms with Gasteiger partial charge in [0.2, 0.25) is 0 Å². The number of nitrogens with zero attached hydrogens (tertiary/aromatic N) is 3. The highest BCUT2D eigenvalue weighted by Crippen LogP contribution is 2.42. The van der Waals surface area contributed by atoms with Crippen molar-refractivity contribution in [2.75, 3.05) is 11.4 Å². The lowest BCUT2D eigenvalue weighted by molar-refractivity contribution is 0.860. The van der Waals surface area contributed by atoms with E-state index >= 15 is 0 Å². The second kappa shape index (κ2) is 8.06. The number of hydrogen-bond donors (Lipinski definition) is 0. The molecule has 30 heavy (non-hydrogen) atoms. The third-order valence-corrected chi connectivity index (χ3v) is 5.93. The third kappa shape index (κ3) is 4.02. The molecule has 1 atom stereocenters. The van der Waals surface area contributed by atoms with Gasteiger partial charge in [-0.3, -0.25) is 4.99 Å². The van der Waals surface area contributed by atoms with Gasteiger partial charge in [0, 0.05) is 12.2 Å². The molecule has 0 saturated carbocycles. The van der Waals surface area contributed by atoms with Gasteiger partial charge in [-0.05, 0) is 68.5 Å². The van der Waals surface area contributed by atoms with Crippen LogP contribution in [0.15, 0.2) is 59.6 Å². The highest BCUT2D eigenvalue weighted by molar-refractivity contribution is 5.99. The molecule has 0 N–H and O–H groups in total. The van der Waals surface area contributed by atoms with Gasteiger partial charge < -0.3 is 4.90 Å². The molecule has 1 aromatic heterocycles. The first-order chi connectivity index (χ1) is 14.3.